The highest BCUT2D eigenvalue weighted by Gasteiger charge is 2.43. The molecule has 9 heteroatoms. The van der Waals surface area contributed by atoms with Gasteiger partial charge in [0.1, 0.15) is 12.7 Å². The fourth-order valence-electron chi connectivity index (χ4n) is 4.54. The average Bonchev–Trinajstić information content (AvgIpc) is 3.32. The highest BCUT2D eigenvalue weighted by Crippen LogP contribution is 2.39. The molecule has 4 nitrogen and oxygen atoms in total. The second-order valence-corrected chi connectivity index (χ2v) is 7.71. The van der Waals surface area contributed by atoms with E-state index < -0.39 is 7.25 Å². The van der Waals surface area contributed by atoms with E-state index in [4.69, 9.17) is 9.84 Å². The summed E-state index contributed by atoms with van der Waals surface area (Å²) in [5, 5.41) is 4.93. The average molecular weight is 433 g/mol. The summed E-state index contributed by atoms with van der Waals surface area (Å²) in [4.78, 5) is 0. The fourth-order valence-corrected chi connectivity index (χ4v) is 4.54. The predicted molar refractivity (Wildman–Crippen MR) is 110 cm³/mol. The summed E-state index contributed by atoms with van der Waals surface area (Å²) in [6.45, 7) is 5.00. The maximum absolute atomic E-state index is 9.75. The van der Waals surface area contributed by atoms with Gasteiger partial charge in [0.2, 0.25) is 0 Å². The van der Waals surface area contributed by atoms with Gasteiger partial charge in [-0.05, 0) is 23.5 Å². The van der Waals surface area contributed by atoms with E-state index in [1.165, 1.54) is 27.9 Å². The van der Waals surface area contributed by atoms with Gasteiger partial charge in [0.25, 0.3) is 12.2 Å². The summed E-state index contributed by atoms with van der Waals surface area (Å²) in [6, 6.07) is 15.5. The summed E-state index contributed by atoms with van der Waals surface area (Å²) in [5.41, 5.74) is 6.70. The number of hydrogen-bond donors (Lipinski definition) is 0. The Balaban J connectivity index is 0.000000418. The van der Waals surface area contributed by atoms with Crippen LogP contribution in [0.2, 0.25) is 0 Å². The second-order valence-electron chi connectivity index (χ2n) is 7.71. The van der Waals surface area contributed by atoms with Crippen LogP contribution in [-0.2, 0) is 30.6 Å². The molecule has 164 valence electrons. The third kappa shape index (κ3) is 4.37. The van der Waals surface area contributed by atoms with Crippen LogP contribution < -0.4 is 4.68 Å². The minimum atomic E-state index is -6.00. The van der Waals surface area contributed by atoms with E-state index in [2.05, 4.69) is 71.9 Å². The summed E-state index contributed by atoms with van der Waals surface area (Å²) >= 11 is 0. The lowest BCUT2D eigenvalue weighted by atomic mass is 10.0. The van der Waals surface area contributed by atoms with E-state index in [0.717, 1.165) is 25.1 Å². The molecule has 2 aliphatic rings. The Bertz CT molecular complexity index is 1050. The van der Waals surface area contributed by atoms with E-state index >= 15 is 0 Å². The number of aromatic nitrogens is 3. The highest BCUT2D eigenvalue weighted by molar-refractivity contribution is 6.50. The topological polar surface area (TPSA) is 30.9 Å². The van der Waals surface area contributed by atoms with Gasteiger partial charge in [-0.15, -0.1) is 0 Å². The van der Waals surface area contributed by atoms with E-state index in [1.54, 1.807) is 0 Å². The van der Waals surface area contributed by atoms with Gasteiger partial charge < -0.3 is 22.0 Å². The van der Waals surface area contributed by atoms with Gasteiger partial charge in [0.15, 0.2) is 11.7 Å². The monoisotopic (exact) mass is 433 g/mol. The van der Waals surface area contributed by atoms with Gasteiger partial charge >= 0.3 is 7.25 Å². The lowest BCUT2D eigenvalue weighted by Gasteiger charge is -2.22. The van der Waals surface area contributed by atoms with Crippen LogP contribution in [0.5, 0.6) is 0 Å². The minimum absolute atomic E-state index is 0.217. The number of hydrogen-bond acceptors (Lipinski definition) is 2. The molecule has 3 aromatic rings. The first-order valence-electron chi connectivity index (χ1n) is 10.5. The Kier molecular flexibility index (Phi) is 5.88. The van der Waals surface area contributed by atoms with Crippen LogP contribution in [-0.4, -0.2) is 23.0 Å². The van der Waals surface area contributed by atoms with E-state index in [0.29, 0.717) is 6.61 Å². The van der Waals surface area contributed by atoms with Crippen LogP contribution in [0.15, 0.2) is 48.8 Å². The minimum Gasteiger partial charge on any atom is -0.418 e. The number of halogens is 4. The molecule has 2 aromatic carbocycles. The highest BCUT2D eigenvalue weighted by atomic mass is 19.5. The molecule has 1 aliphatic carbocycles. The quantitative estimate of drug-likeness (QED) is 0.343. The second kappa shape index (κ2) is 8.46. The fraction of sp³-hybridized carbons (Fsp3) is 0.364. The maximum Gasteiger partial charge on any atom is 0.673 e. The molecule has 0 amide bonds. The molecule has 0 spiro atoms. The van der Waals surface area contributed by atoms with Crippen LogP contribution in [0.3, 0.4) is 0 Å². The SMILES string of the molecule is CCc1cccc(CC)c1-[n+]1cn2c(n1)CO[C@@H]1Cc3ccccc3[C@@H]12.F[B-](F)(F)F. The lowest BCUT2D eigenvalue weighted by molar-refractivity contribution is -0.658. The molecular weight excluding hydrogens is 409 g/mol. The third-order valence-electron chi connectivity index (χ3n) is 5.82. The smallest absolute Gasteiger partial charge is 0.418 e. The molecule has 0 fully saturated rings. The molecule has 2 atom stereocenters. The van der Waals surface area contributed by atoms with Crippen LogP contribution in [0.25, 0.3) is 5.69 Å². The van der Waals surface area contributed by atoms with Crippen molar-refractivity contribution >= 4 is 7.25 Å². The van der Waals surface area contributed by atoms with Crippen molar-refractivity contribution in [3.05, 3.63) is 76.9 Å². The normalized spacial score (nSPS) is 19.2. The molecular formula is C22H24BF4N3O. The number of benzene rings is 2. The third-order valence-corrected chi connectivity index (χ3v) is 5.82. The lowest BCUT2D eigenvalue weighted by Crippen LogP contribution is -2.35. The molecule has 0 saturated heterocycles. The number of rotatable bonds is 3. The first-order valence-corrected chi connectivity index (χ1v) is 10.5. The van der Waals surface area contributed by atoms with Crippen molar-refractivity contribution in [2.75, 3.05) is 0 Å². The van der Waals surface area contributed by atoms with Crippen molar-refractivity contribution in [2.45, 2.75) is 51.9 Å². The molecule has 1 aliphatic heterocycles. The van der Waals surface area contributed by atoms with Crippen LogP contribution in [0.1, 0.15) is 48.0 Å². The van der Waals surface area contributed by atoms with Crippen molar-refractivity contribution in [3.8, 4) is 5.69 Å². The van der Waals surface area contributed by atoms with Crippen LogP contribution in [0.4, 0.5) is 17.3 Å². The van der Waals surface area contributed by atoms with Gasteiger partial charge in [-0.3, -0.25) is 0 Å². The van der Waals surface area contributed by atoms with Gasteiger partial charge in [-0.1, -0.05) is 61.0 Å². The van der Waals surface area contributed by atoms with Gasteiger partial charge in [-0.25, -0.2) is 4.57 Å². The van der Waals surface area contributed by atoms with Crippen LogP contribution >= 0.6 is 0 Å². The number of fused-ring (bicyclic) bond motifs is 5. The summed E-state index contributed by atoms with van der Waals surface area (Å²) < 4.78 is 49.6. The molecule has 0 bridgehead atoms. The number of ether oxygens (including phenoxy) is 1. The standard InChI is InChI=1S/C22H24N3O.BF4/c1-3-15-9-7-10-16(4-2)21(15)25-14-24-20(23-25)13-26-19-12-17-8-5-6-11-18(17)22(19)24;2-1(3,4)5/h5-11,14,19,22H,3-4,12-13H2,1-2H3;/q+1;-1/t19-,22+;/m1./s1. The Hall–Kier alpha value is -2.68. The first-order chi connectivity index (χ1) is 14.8. The number of nitrogens with zero attached hydrogens (tertiary/aromatic N) is 3. The van der Waals surface area contributed by atoms with Crippen molar-refractivity contribution in [1.82, 2.24) is 9.67 Å². The molecule has 2 heterocycles. The molecule has 0 N–H and O–H groups in total. The zero-order valence-electron chi connectivity index (χ0n) is 17.4. The van der Waals surface area contributed by atoms with E-state index in [1.807, 2.05) is 0 Å². The summed E-state index contributed by atoms with van der Waals surface area (Å²) in [7, 11) is -6.00. The van der Waals surface area contributed by atoms with Gasteiger partial charge in [-0.2, -0.15) is 0 Å². The Morgan fingerprint density at radius 3 is 2.32 bits per heavy atom. The zero-order chi connectivity index (χ0) is 22.2. The number of aryl methyl sites for hydroxylation is 2. The molecule has 31 heavy (non-hydrogen) atoms. The largest absolute Gasteiger partial charge is 0.673 e. The Labute approximate surface area is 178 Å². The van der Waals surface area contributed by atoms with Crippen molar-refractivity contribution in [3.63, 3.8) is 0 Å². The van der Waals surface area contributed by atoms with Crippen molar-refractivity contribution < 1.29 is 26.7 Å². The number of para-hydroxylation sites is 1. The van der Waals surface area contributed by atoms with Gasteiger partial charge in [0, 0.05) is 23.1 Å². The van der Waals surface area contributed by atoms with Crippen LogP contribution in [0, 0.1) is 0 Å². The predicted octanol–water partition coefficient (Wildman–Crippen LogP) is 4.63. The molecule has 0 saturated carbocycles. The molecule has 5 rings (SSSR count). The Morgan fingerprint density at radius 2 is 1.68 bits per heavy atom. The Morgan fingerprint density at radius 1 is 1.03 bits per heavy atom. The van der Waals surface area contributed by atoms with E-state index in [-0.39, 0.29) is 12.1 Å². The summed E-state index contributed by atoms with van der Waals surface area (Å²) in [6.07, 6.45) is 5.40. The van der Waals surface area contributed by atoms with Gasteiger partial charge in [0.05, 0.1) is 0 Å². The molecule has 0 unspecified atom stereocenters. The van der Waals surface area contributed by atoms with E-state index in [9.17, 15) is 17.3 Å². The first kappa shape index (κ1) is 21.6. The molecule has 1 aromatic heterocycles. The molecule has 0 radical (unpaired) electrons. The van der Waals surface area contributed by atoms with Crippen molar-refractivity contribution in [2.24, 2.45) is 0 Å². The maximum atomic E-state index is 9.75. The zero-order valence-corrected chi connectivity index (χ0v) is 17.4. The summed E-state index contributed by atoms with van der Waals surface area (Å²) in [5.74, 6) is 1.01. The van der Waals surface area contributed by atoms with Crippen molar-refractivity contribution in [1.29, 1.82) is 0 Å².